The van der Waals surface area contributed by atoms with E-state index in [0.29, 0.717) is 6.54 Å². The zero-order chi connectivity index (χ0) is 8.60. The normalized spacial score (nSPS) is 29.5. The van der Waals surface area contributed by atoms with Crippen LogP contribution in [0, 0.1) is 0 Å². The van der Waals surface area contributed by atoms with Crippen molar-refractivity contribution in [3.05, 3.63) is 18.0 Å². The molecule has 4 heteroatoms. The number of hydrogen-bond donors (Lipinski definition) is 2. The van der Waals surface area contributed by atoms with Crippen LogP contribution in [0.1, 0.15) is 12.0 Å². The van der Waals surface area contributed by atoms with Crippen LogP contribution >= 0.6 is 0 Å². The van der Waals surface area contributed by atoms with Crippen LogP contribution in [0.2, 0.25) is 0 Å². The predicted molar refractivity (Wildman–Crippen MR) is 44.6 cm³/mol. The summed E-state index contributed by atoms with van der Waals surface area (Å²) in [4.78, 5) is 0. The first kappa shape index (κ1) is 7.76. The third kappa shape index (κ3) is 1.13. The second kappa shape index (κ2) is 2.57. The van der Waals surface area contributed by atoms with E-state index in [2.05, 4.69) is 10.4 Å². The summed E-state index contributed by atoms with van der Waals surface area (Å²) in [7, 11) is 1.86. The van der Waals surface area contributed by atoms with E-state index in [-0.39, 0.29) is 0 Å². The molecule has 12 heavy (non-hydrogen) atoms. The number of β-amino-alcohol motifs (C(OH)–C–C–N with tert-alkyl or cyclic N) is 1. The Kier molecular flexibility index (Phi) is 1.66. The van der Waals surface area contributed by atoms with Gasteiger partial charge in [-0.15, -0.1) is 0 Å². The van der Waals surface area contributed by atoms with Crippen LogP contribution in [0.15, 0.2) is 12.4 Å². The van der Waals surface area contributed by atoms with Crippen molar-refractivity contribution in [1.82, 2.24) is 15.1 Å². The van der Waals surface area contributed by atoms with Crippen molar-refractivity contribution < 1.29 is 5.11 Å². The highest BCUT2D eigenvalue weighted by Gasteiger charge is 2.33. The Bertz CT molecular complexity index is 276. The van der Waals surface area contributed by atoms with Gasteiger partial charge >= 0.3 is 0 Å². The number of aromatic nitrogens is 2. The maximum absolute atomic E-state index is 10.1. The van der Waals surface area contributed by atoms with Crippen LogP contribution in [-0.4, -0.2) is 28.0 Å². The molecule has 2 heterocycles. The minimum atomic E-state index is -0.686. The molecule has 1 fully saturated rings. The topological polar surface area (TPSA) is 50.1 Å². The Hall–Kier alpha value is -0.870. The van der Waals surface area contributed by atoms with Crippen LogP contribution in [0.4, 0.5) is 0 Å². The van der Waals surface area contributed by atoms with Crippen molar-refractivity contribution in [2.45, 2.75) is 12.0 Å². The van der Waals surface area contributed by atoms with Gasteiger partial charge in [-0.25, -0.2) is 0 Å². The molecule has 2 N–H and O–H groups in total. The summed E-state index contributed by atoms with van der Waals surface area (Å²) in [5.74, 6) is 0. The summed E-state index contributed by atoms with van der Waals surface area (Å²) in [5, 5.41) is 17.2. The van der Waals surface area contributed by atoms with Crippen molar-refractivity contribution in [2.75, 3.05) is 13.1 Å². The Labute approximate surface area is 71.2 Å². The van der Waals surface area contributed by atoms with Gasteiger partial charge in [0.1, 0.15) is 5.60 Å². The van der Waals surface area contributed by atoms with Crippen LogP contribution in [0.25, 0.3) is 0 Å². The first-order valence-corrected chi connectivity index (χ1v) is 4.13. The minimum Gasteiger partial charge on any atom is -0.384 e. The van der Waals surface area contributed by atoms with Gasteiger partial charge in [0.15, 0.2) is 0 Å². The van der Waals surface area contributed by atoms with Gasteiger partial charge in [-0.1, -0.05) is 0 Å². The zero-order valence-electron chi connectivity index (χ0n) is 7.12. The molecule has 1 aromatic rings. The molecule has 0 radical (unpaired) electrons. The van der Waals surface area contributed by atoms with E-state index in [0.717, 1.165) is 18.5 Å². The fourth-order valence-corrected chi connectivity index (χ4v) is 1.59. The van der Waals surface area contributed by atoms with Gasteiger partial charge in [0.25, 0.3) is 0 Å². The van der Waals surface area contributed by atoms with E-state index in [1.807, 2.05) is 13.2 Å². The molecule has 1 unspecified atom stereocenters. The van der Waals surface area contributed by atoms with E-state index in [4.69, 9.17) is 0 Å². The molecule has 4 nitrogen and oxygen atoms in total. The average molecular weight is 167 g/mol. The molecule has 0 saturated carbocycles. The Balaban J connectivity index is 2.28. The van der Waals surface area contributed by atoms with Gasteiger partial charge < -0.3 is 10.4 Å². The first-order valence-electron chi connectivity index (χ1n) is 4.13. The van der Waals surface area contributed by atoms with E-state index < -0.39 is 5.60 Å². The van der Waals surface area contributed by atoms with Gasteiger partial charge in [0.05, 0.1) is 6.20 Å². The van der Waals surface area contributed by atoms with Crippen molar-refractivity contribution in [3.8, 4) is 0 Å². The second-order valence-corrected chi connectivity index (χ2v) is 3.36. The summed E-state index contributed by atoms with van der Waals surface area (Å²) >= 11 is 0. The molecule has 2 rings (SSSR count). The van der Waals surface area contributed by atoms with Gasteiger partial charge in [-0.2, -0.15) is 5.10 Å². The molecule has 0 spiro atoms. The standard InChI is InChI=1S/C8H13N3O/c1-11-5-7(4-10-11)8(12)2-3-9-6-8/h4-5,9,12H,2-3,6H2,1H3. The smallest absolute Gasteiger partial charge is 0.106 e. The molecule has 1 saturated heterocycles. The Morgan fingerprint density at radius 3 is 3.08 bits per heavy atom. The first-order chi connectivity index (χ1) is 5.71. The molecule has 0 aliphatic carbocycles. The van der Waals surface area contributed by atoms with E-state index in [1.165, 1.54) is 0 Å². The number of rotatable bonds is 1. The van der Waals surface area contributed by atoms with Gasteiger partial charge in [-0.3, -0.25) is 4.68 Å². The average Bonchev–Trinajstić information content (AvgIpc) is 2.59. The van der Waals surface area contributed by atoms with Crippen LogP contribution in [0.5, 0.6) is 0 Å². The van der Waals surface area contributed by atoms with Gasteiger partial charge in [0, 0.05) is 25.4 Å². The maximum Gasteiger partial charge on any atom is 0.106 e. The lowest BCUT2D eigenvalue weighted by atomic mass is 9.96. The molecule has 0 bridgehead atoms. The fraction of sp³-hybridized carbons (Fsp3) is 0.625. The highest BCUT2D eigenvalue weighted by atomic mass is 16.3. The van der Waals surface area contributed by atoms with Crippen molar-refractivity contribution in [2.24, 2.45) is 7.05 Å². The van der Waals surface area contributed by atoms with Gasteiger partial charge in [0.2, 0.25) is 0 Å². The predicted octanol–water partition coefficient (Wildman–Crippen LogP) is -0.399. The summed E-state index contributed by atoms with van der Waals surface area (Å²) in [5.41, 5.74) is 0.226. The Morgan fingerprint density at radius 2 is 2.58 bits per heavy atom. The molecule has 66 valence electrons. The summed E-state index contributed by atoms with van der Waals surface area (Å²) in [6.07, 6.45) is 4.37. The minimum absolute atomic E-state index is 0.638. The fourth-order valence-electron chi connectivity index (χ4n) is 1.59. The lowest BCUT2D eigenvalue weighted by Gasteiger charge is -2.18. The number of nitrogens with one attached hydrogen (secondary N) is 1. The molecule has 1 atom stereocenters. The number of hydrogen-bond acceptors (Lipinski definition) is 3. The number of nitrogens with zero attached hydrogens (tertiary/aromatic N) is 2. The second-order valence-electron chi connectivity index (χ2n) is 3.36. The van der Waals surface area contributed by atoms with Crippen LogP contribution in [0.3, 0.4) is 0 Å². The third-order valence-electron chi connectivity index (χ3n) is 2.38. The molecule has 1 aliphatic rings. The van der Waals surface area contributed by atoms with Gasteiger partial charge in [-0.05, 0) is 13.0 Å². The highest BCUT2D eigenvalue weighted by Crippen LogP contribution is 2.26. The van der Waals surface area contributed by atoms with E-state index >= 15 is 0 Å². The Morgan fingerprint density at radius 1 is 1.75 bits per heavy atom. The summed E-state index contributed by atoms with van der Waals surface area (Å²) < 4.78 is 1.71. The quantitative estimate of drug-likeness (QED) is 0.598. The van der Waals surface area contributed by atoms with Crippen LogP contribution in [-0.2, 0) is 12.6 Å². The highest BCUT2D eigenvalue weighted by molar-refractivity contribution is 5.17. The zero-order valence-corrected chi connectivity index (χ0v) is 7.12. The van der Waals surface area contributed by atoms with Crippen molar-refractivity contribution in [3.63, 3.8) is 0 Å². The molecular weight excluding hydrogens is 154 g/mol. The monoisotopic (exact) mass is 167 g/mol. The molecule has 1 aliphatic heterocycles. The van der Waals surface area contributed by atoms with Crippen LogP contribution < -0.4 is 5.32 Å². The van der Waals surface area contributed by atoms with Crippen molar-refractivity contribution >= 4 is 0 Å². The lowest BCUT2D eigenvalue weighted by molar-refractivity contribution is 0.0587. The number of aliphatic hydroxyl groups is 1. The maximum atomic E-state index is 10.1. The SMILES string of the molecule is Cn1cc(C2(O)CCNC2)cn1. The van der Waals surface area contributed by atoms with E-state index in [9.17, 15) is 5.11 Å². The largest absolute Gasteiger partial charge is 0.384 e. The molecule has 0 amide bonds. The molecular formula is C8H13N3O. The van der Waals surface area contributed by atoms with E-state index in [1.54, 1.807) is 10.9 Å². The van der Waals surface area contributed by atoms with Crippen molar-refractivity contribution in [1.29, 1.82) is 0 Å². The lowest BCUT2D eigenvalue weighted by Crippen LogP contribution is -2.27. The third-order valence-corrected chi connectivity index (χ3v) is 2.38. The summed E-state index contributed by atoms with van der Waals surface area (Å²) in [6, 6.07) is 0. The molecule has 0 aromatic carbocycles. The summed E-state index contributed by atoms with van der Waals surface area (Å²) in [6.45, 7) is 1.52. The number of aryl methyl sites for hydroxylation is 1. The molecule has 1 aromatic heterocycles.